The Hall–Kier alpha value is -4.08. The van der Waals surface area contributed by atoms with Gasteiger partial charge in [0.25, 0.3) is 0 Å². The van der Waals surface area contributed by atoms with E-state index in [0.717, 1.165) is 69.8 Å². The number of amides is 2. The highest BCUT2D eigenvalue weighted by Crippen LogP contribution is 2.31. The van der Waals surface area contributed by atoms with E-state index in [9.17, 15) is 9.59 Å². The number of nitrogens with zero attached hydrogens (tertiary/aromatic N) is 8. The van der Waals surface area contributed by atoms with Crippen molar-refractivity contribution >= 4 is 44.8 Å². The lowest BCUT2D eigenvalue weighted by molar-refractivity contribution is -0.120. The number of carbonyl (C=O) groups is 2. The van der Waals surface area contributed by atoms with Crippen molar-refractivity contribution in [3.63, 3.8) is 0 Å². The third-order valence-corrected chi connectivity index (χ3v) is 10.8. The maximum absolute atomic E-state index is 12.4. The summed E-state index contributed by atoms with van der Waals surface area (Å²) < 4.78 is 0. The van der Waals surface area contributed by atoms with Gasteiger partial charge in [-0.1, -0.05) is 30.3 Å². The maximum atomic E-state index is 12.4. The van der Waals surface area contributed by atoms with Crippen LogP contribution >= 0.6 is 22.7 Å². The number of likely N-dealkylation sites (tertiary alicyclic amines) is 2. The quantitative estimate of drug-likeness (QED) is 0.379. The van der Waals surface area contributed by atoms with Crippen molar-refractivity contribution in [1.82, 2.24) is 29.6 Å². The number of carbonyl (C=O) groups excluding carboxylic acids is 2. The van der Waals surface area contributed by atoms with E-state index in [1.54, 1.807) is 32.5 Å². The van der Waals surface area contributed by atoms with Crippen LogP contribution in [0.2, 0.25) is 0 Å². The lowest BCUT2D eigenvalue weighted by atomic mass is 10.1. The van der Waals surface area contributed by atoms with Crippen molar-refractivity contribution in [3.05, 3.63) is 57.0 Å². The summed E-state index contributed by atoms with van der Waals surface area (Å²) in [5.74, 6) is -0.249. The zero-order chi connectivity index (χ0) is 32.0. The average Bonchev–Trinajstić information content (AvgIpc) is 3.87. The first-order valence-corrected chi connectivity index (χ1v) is 17.3. The van der Waals surface area contributed by atoms with E-state index >= 15 is 0 Å². The van der Waals surface area contributed by atoms with Crippen molar-refractivity contribution in [2.75, 3.05) is 56.9 Å². The molecule has 14 heteroatoms. The van der Waals surface area contributed by atoms with Gasteiger partial charge in [0.1, 0.15) is 0 Å². The minimum absolute atomic E-state index is 0.0119. The molecule has 0 spiro atoms. The van der Waals surface area contributed by atoms with E-state index < -0.39 is 0 Å². The Balaban J connectivity index is 0.000000167. The number of hydrogen-bond donors (Lipinski definition) is 2. The summed E-state index contributed by atoms with van der Waals surface area (Å²) >= 11 is 3.15. The number of nitriles is 2. The van der Waals surface area contributed by atoms with Gasteiger partial charge < -0.3 is 25.3 Å². The molecular weight excluding hydrogens is 621 g/mol. The van der Waals surface area contributed by atoms with Gasteiger partial charge in [-0.25, -0.2) is 9.97 Å². The molecule has 6 heterocycles. The van der Waals surface area contributed by atoms with E-state index in [-0.39, 0.29) is 23.7 Å². The first kappa shape index (κ1) is 31.9. The molecule has 0 radical (unpaired) electrons. The monoisotopic (exact) mass is 658 g/mol. The van der Waals surface area contributed by atoms with E-state index in [0.29, 0.717) is 36.4 Å². The van der Waals surface area contributed by atoms with Gasteiger partial charge in [-0.2, -0.15) is 10.5 Å². The van der Waals surface area contributed by atoms with Crippen molar-refractivity contribution < 1.29 is 9.59 Å². The van der Waals surface area contributed by atoms with E-state index in [1.807, 2.05) is 6.07 Å². The van der Waals surface area contributed by atoms with Crippen LogP contribution in [-0.4, -0.2) is 87.7 Å². The molecule has 46 heavy (non-hydrogen) atoms. The Kier molecular flexibility index (Phi) is 10.1. The summed E-state index contributed by atoms with van der Waals surface area (Å²) in [5, 5.41) is 25.0. The fourth-order valence-corrected chi connectivity index (χ4v) is 8.34. The number of likely N-dealkylation sites (N-methyl/N-ethyl adjacent to an activating group) is 1. The zero-order valence-corrected chi connectivity index (χ0v) is 27.6. The number of nitrogens with one attached hydrogen (secondary N) is 2. The van der Waals surface area contributed by atoms with Gasteiger partial charge in [-0.3, -0.25) is 14.5 Å². The molecule has 0 aliphatic carbocycles. The average molecular weight is 659 g/mol. The van der Waals surface area contributed by atoms with Crippen molar-refractivity contribution in [3.8, 4) is 12.4 Å². The second-order valence-corrected chi connectivity index (χ2v) is 14.4. The van der Waals surface area contributed by atoms with Gasteiger partial charge in [0.05, 0.1) is 23.2 Å². The smallest absolute Gasteiger partial charge is 0.231 e. The Morgan fingerprint density at radius 3 is 1.91 bits per heavy atom. The third-order valence-electron chi connectivity index (χ3n) is 8.84. The summed E-state index contributed by atoms with van der Waals surface area (Å²) in [6, 6.07) is 10.5. The number of rotatable bonds is 6. The van der Waals surface area contributed by atoms with Gasteiger partial charge in [-0.15, -0.1) is 22.7 Å². The molecule has 7 rings (SSSR count). The van der Waals surface area contributed by atoms with Crippen molar-refractivity contribution in [1.29, 1.82) is 10.5 Å². The summed E-state index contributed by atoms with van der Waals surface area (Å²) in [7, 11) is 2.09. The van der Waals surface area contributed by atoms with Gasteiger partial charge >= 0.3 is 0 Å². The van der Waals surface area contributed by atoms with Gasteiger partial charge in [-0.05, 0) is 25.5 Å². The number of benzene rings is 1. The molecule has 4 aliphatic heterocycles. The highest BCUT2D eigenvalue weighted by Gasteiger charge is 2.30. The van der Waals surface area contributed by atoms with Crippen LogP contribution in [0.25, 0.3) is 0 Å². The summed E-state index contributed by atoms with van der Waals surface area (Å²) in [4.78, 5) is 44.1. The first-order chi connectivity index (χ1) is 22.4. The number of anilines is 2. The Morgan fingerprint density at radius 2 is 1.37 bits per heavy atom. The molecule has 4 aliphatic rings. The molecule has 1 aromatic carbocycles. The Labute approximate surface area is 277 Å². The maximum Gasteiger partial charge on any atom is 0.231 e. The SMILES string of the molecule is CN1CCc2nc(NC(=O)[C@H]3CCN(C#N)C3)sc2C1.N#CN1CC[C@H](C(=O)Nc2nc3c(s2)CN(Cc2ccccc2)CC3)C1. The molecule has 240 valence electrons. The Morgan fingerprint density at radius 1 is 0.826 bits per heavy atom. The second kappa shape index (κ2) is 14.6. The van der Waals surface area contributed by atoms with Crippen LogP contribution in [0.3, 0.4) is 0 Å². The Bertz CT molecular complexity index is 1630. The molecule has 2 fully saturated rings. The van der Waals surface area contributed by atoms with Gasteiger partial charge in [0.2, 0.25) is 11.8 Å². The fraction of sp³-hybridized carbons (Fsp3) is 0.500. The van der Waals surface area contributed by atoms with Crippen LogP contribution in [0.1, 0.15) is 39.5 Å². The van der Waals surface area contributed by atoms with Crippen LogP contribution in [0.4, 0.5) is 10.3 Å². The summed E-state index contributed by atoms with van der Waals surface area (Å²) in [6.07, 6.45) is 7.54. The highest BCUT2D eigenvalue weighted by molar-refractivity contribution is 7.16. The van der Waals surface area contributed by atoms with Crippen LogP contribution in [-0.2, 0) is 42.1 Å². The molecule has 0 saturated carbocycles. The molecule has 12 nitrogen and oxygen atoms in total. The van der Waals surface area contributed by atoms with E-state index in [2.05, 4.69) is 74.1 Å². The van der Waals surface area contributed by atoms with Gasteiger partial charge in [0.15, 0.2) is 22.6 Å². The minimum atomic E-state index is -0.120. The molecular formula is C32H38N10O2S2. The third kappa shape index (κ3) is 7.82. The summed E-state index contributed by atoms with van der Waals surface area (Å²) in [5.41, 5.74) is 3.55. The standard InChI is InChI=1S/C19H21N5OS.C13H17N5OS/c20-13-24-8-6-15(11-24)18(25)22-19-21-16-7-9-23(12-17(16)26-19)10-14-4-2-1-3-5-14;1-17-4-3-10-11(7-17)20-13(15-10)16-12(19)9-2-5-18(6-9)8-14/h1-5,15H,6-12H2,(H,21,22,25);9H,2-7H2,1H3,(H,15,16,19)/t15-;9-/m00/s1. The predicted octanol–water partition coefficient (Wildman–Crippen LogP) is 3.32. The molecule has 2 atom stereocenters. The predicted molar refractivity (Wildman–Crippen MR) is 176 cm³/mol. The molecule has 0 unspecified atom stereocenters. The number of thiazole rings is 2. The molecule has 2 N–H and O–H groups in total. The van der Waals surface area contributed by atoms with Crippen LogP contribution in [0.5, 0.6) is 0 Å². The topological polar surface area (TPSA) is 145 Å². The minimum Gasteiger partial charge on any atom is -0.310 e. The molecule has 2 aromatic heterocycles. The molecule has 3 aromatic rings. The van der Waals surface area contributed by atoms with Crippen molar-refractivity contribution in [2.45, 2.75) is 45.3 Å². The lowest BCUT2D eigenvalue weighted by Gasteiger charge is -2.25. The number of hydrogen-bond acceptors (Lipinski definition) is 12. The van der Waals surface area contributed by atoms with Crippen molar-refractivity contribution in [2.24, 2.45) is 11.8 Å². The molecule has 0 bridgehead atoms. The summed E-state index contributed by atoms with van der Waals surface area (Å²) in [6.45, 7) is 7.10. The second-order valence-electron chi connectivity index (χ2n) is 12.3. The van der Waals surface area contributed by atoms with Gasteiger partial charge in [0, 0.05) is 81.5 Å². The van der Waals surface area contributed by atoms with Crippen LogP contribution in [0, 0.1) is 34.7 Å². The van der Waals surface area contributed by atoms with Crippen LogP contribution in [0.15, 0.2) is 30.3 Å². The molecule has 2 saturated heterocycles. The van der Waals surface area contributed by atoms with Crippen LogP contribution < -0.4 is 10.6 Å². The number of aromatic nitrogens is 2. The lowest BCUT2D eigenvalue weighted by Crippen LogP contribution is -2.29. The van der Waals surface area contributed by atoms with E-state index in [1.165, 1.54) is 15.3 Å². The fourth-order valence-electron chi connectivity index (χ4n) is 6.20. The first-order valence-electron chi connectivity index (χ1n) is 15.7. The number of fused-ring (bicyclic) bond motifs is 2. The zero-order valence-electron chi connectivity index (χ0n) is 25.9. The molecule has 2 amide bonds. The normalized spacial score (nSPS) is 20.9. The van der Waals surface area contributed by atoms with E-state index in [4.69, 9.17) is 10.5 Å². The highest BCUT2D eigenvalue weighted by atomic mass is 32.1. The largest absolute Gasteiger partial charge is 0.310 e.